The molecule has 5 N–H and O–H groups in total. The lowest BCUT2D eigenvalue weighted by atomic mass is 9.72. The molecule has 0 saturated heterocycles. The summed E-state index contributed by atoms with van der Waals surface area (Å²) in [6.07, 6.45) is 0.283. The van der Waals surface area contributed by atoms with Crippen molar-refractivity contribution in [2.45, 2.75) is 18.8 Å². The summed E-state index contributed by atoms with van der Waals surface area (Å²) in [4.78, 5) is 28.2. The lowest BCUT2D eigenvalue weighted by Gasteiger charge is -2.29. The first-order chi connectivity index (χ1) is 12.9. The van der Waals surface area contributed by atoms with Crippen LogP contribution in [0.4, 0.5) is 0 Å². The number of benzene rings is 1. The number of nitrogens with one attached hydrogen (secondary N) is 2. The van der Waals surface area contributed by atoms with Crippen molar-refractivity contribution in [3.8, 4) is 5.75 Å². The molecule has 0 saturated carbocycles. The number of methoxy groups -OCH3 is 1. The monoisotopic (exact) mass is 388 g/mol. The molecule has 1 amide bonds. The molecule has 27 heavy (non-hydrogen) atoms. The van der Waals surface area contributed by atoms with Gasteiger partial charge >= 0.3 is 13.1 Å². The van der Waals surface area contributed by atoms with E-state index in [-0.39, 0.29) is 29.5 Å². The molecule has 9 nitrogen and oxygen atoms in total. The smallest absolute Gasteiger partial charge is 0.534 e. The van der Waals surface area contributed by atoms with Crippen LogP contribution in [-0.4, -0.2) is 47.9 Å². The Hall–Kier alpha value is -2.92. The van der Waals surface area contributed by atoms with Crippen LogP contribution in [0.2, 0.25) is 0 Å². The van der Waals surface area contributed by atoms with E-state index in [2.05, 4.69) is 10.3 Å². The molecular weight excluding hydrogens is 371 g/mol. The maximum absolute atomic E-state index is 12.3. The van der Waals surface area contributed by atoms with Gasteiger partial charge in [-0.05, 0) is 18.1 Å². The number of rotatable bonds is 5. The number of ether oxygens (including phenoxy) is 1. The summed E-state index contributed by atoms with van der Waals surface area (Å²) in [5, 5.41) is 22.3. The minimum absolute atomic E-state index is 0.0118. The molecule has 0 bridgehead atoms. The Balaban J connectivity index is 1.69. The standard InChI is InChI=1S/C16H17BN4O5S/c1-25-16(23)10-4-2-3-8-5-11(17(24)26-13(8)10)21-12(22)6-9-7-27-15(20-9)14(18)19/h2-4,7,11,24H,5-6H2,1H3,(H3,18,19)(H,21,22)/t11-/m0/s1. The van der Waals surface area contributed by atoms with E-state index in [1.54, 1.807) is 23.6 Å². The molecule has 0 fully saturated rings. The number of para-hydroxylation sites is 1. The number of nitrogens with zero attached hydrogens (tertiary/aromatic N) is 1. The predicted molar refractivity (Wildman–Crippen MR) is 98.9 cm³/mol. The van der Waals surface area contributed by atoms with E-state index in [4.69, 9.17) is 20.5 Å². The minimum atomic E-state index is -1.31. The zero-order valence-corrected chi connectivity index (χ0v) is 15.2. The van der Waals surface area contributed by atoms with Gasteiger partial charge in [0, 0.05) is 5.38 Å². The van der Waals surface area contributed by atoms with Gasteiger partial charge in [-0.3, -0.25) is 10.2 Å². The summed E-state index contributed by atoms with van der Waals surface area (Å²) in [5.74, 6) is -1.49. The van der Waals surface area contributed by atoms with E-state index >= 15 is 0 Å². The number of hydrogen-bond donors (Lipinski definition) is 4. The van der Waals surface area contributed by atoms with Gasteiger partial charge in [-0.15, -0.1) is 11.3 Å². The number of esters is 1. The number of fused-ring (bicyclic) bond motifs is 1. The number of thiazole rings is 1. The Kier molecular flexibility index (Phi) is 5.42. The van der Waals surface area contributed by atoms with E-state index in [9.17, 15) is 14.6 Å². The summed E-state index contributed by atoms with van der Waals surface area (Å²) < 4.78 is 10.2. The van der Waals surface area contributed by atoms with Crippen LogP contribution in [0.3, 0.4) is 0 Å². The predicted octanol–water partition coefficient (Wildman–Crippen LogP) is -0.104. The number of nitrogen functional groups attached to an aromatic ring is 1. The lowest BCUT2D eigenvalue weighted by molar-refractivity contribution is -0.120. The number of carbonyl (C=O) groups is 2. The fourth-order valence-electron chi connectivity index (χ4n) is 2.75. The van der Waals surface area contributed by atoms with Crippen molar-refractivity contribution in [2.24, 2.45) is 5.73 Å². The highest BCUT2D eigenvalue weighted by Crippen LogP contribution is 2.30. The molecule has 11 heteroatoms. The molecule has 1 aliphatic rings. The van der Waals surface area contributed by atoms with Gasteiger partial charge < -0.3 is 25.5 Å². The van der Waals surface area contributed by atoms with Crippen molar-refractivity contribution in [2.75, 3.05) is 7.11 Å². The summed E-state index contributed by atoms with van der Waals surface area (Å²) >= 11 is 1.18. The second-order valence-corrected chi connectivity index (χ2v) is 6.76. The first-order valence-corrected chi connectivity index (χ1v) is 8.90. The molecule has 0 radical (unpaired) electrons. The van der Waals surface area contributed by atoms with Crippen LogP contribution < -0.4 is 15.7 Å². The van der Waals surface area contributed by atoms with Crippen LogP contribution in [-0.2, 0) is 22.4 Å². The second kappa shape index (κ2) is 7.76. The molecule has 1 aromatic heterocycles. The average molecular weight is 388 g/mol. The molecule has 0 spiro atoms. The molecule has 0 aliphatic carbocycles. The van der Waals surface area contributed by atoms with Gasteiger partial charge in [-0.1, -0.05) is 12.1 Å². The second-order valence-electron chi connectivity index (χ2n) is 5.91. The number of aromatic nitrogens is 1. The van der Waals surface area contributed by atoms with E-state index in [1.165, 1.54) is 18.4 Å². The maximum Gasteiger partial charge on any atom is 0.547 e. The van der Waals surface area contributed by atoms with Crippen LogP contribution in [0.5, 0.6) is 5.75 Å². The third kappa shape index (κ3) is 4.09. The minimum Gasteiger partial charge on any atom is -0.534 e. The fourth-order valence-corrected chi connectivity index (χ4v) is 3.43. The number of amidine groups is 1. The van der Waals surface area contributed by atoms with Crippen molar-refractivity contribution in [3.05, 3.63) is 45.4 Å². The van der Waals surface area contributed by atoms with Gasteiger partial charge in [-0.2, -0.15) is 0 Å². The van der Waals surface area contributed by atoms with Gasteiger partial charge in [0.25, 0.3) is 0 Å². The molecule has 0 unspecified atom stereocenters. The van der Waals surface area contributed by atoms with Crippen molar-refractivity contribution >= 4 is 36.2 Å². The molecule has 140 valence electrons. The number of amides is 1. The Labute approximate surface area is 159 Å². The van der Waals surface area contributed by atoms with Crippen LogP contribution in [0.1, 0.15) is 26.6 Å². The number of hydrogen-bond acceptors (Lipinski definition) is 8. The molecule has 2 heterocycles. The van der Waals surface area contributed by atoms with Gasteiger partial charge in [-0.25, -0.2) is 9.78 Å². The summed E-state index contributed by atoms with van der Waals surface area (Å²) in [5.41, 5.74) is 6.75. The number of carbonyl (C=O) groups excluding carboxylic acids is 2. The zero-order valence-electron chi connectivity index (χ0n) is 14.4. The van der Waals surface area contributed by atoms with E-state index < -0.39 is 19.0 Å². The quantitative estimate of drug-likeness (QED) is 0.242. The van der Waals surface area contributed by atoms with Gasteiger partial charge in [0.1, 0.15) is 11.3 Å². The molecular formula is C16H17BN4O5S. The maximum atomic E-state index is 12.3. The van der Waals surface area contributed by atoms with Gasteiger partial charge in [0.2, 0.25) is 5.91 Å². The fraction of sp³-hybridized carbons (Fsp3) is 0.250. The zero-order chi connectivity index (χ0) is 19.6. The van der Waals surface area contributed by atoms with Gasteiger partial charge in [0.15, 0.2) is 10.8 Å². The summed E-state index contributed by atoms with van der Waals surface area (Å²) in [6.45, 7) is 0. The van der Waals surface area contributed by atoms with Crippen molar-refractivity contribution in [1.29, 1.82) is 5.41 Å². The Morgan fingerprint density at radius 1 is 1.56 bits per heavy atom. The van der Waals surface area contributed by atoms with Crippen molar-refractivity contribution < 1.29 is 24.0 Å². The number of nitrogens with two attached hydrogens (primary N) is 1. The van der Waals surface area contributed by atoms with Crippen LogP contribution in [0, 0.1) is 5.41 Å². The average Bonchev–Trinajstić information content (AvgIpc) is 3.10. The highest BCUT2D eigenvalue weighted by molar-refractivity contribution is 7.11. The lowest BCUT2D eigenvalue weighted by Crippen LogP contribution is -2.53. The van der Waals surface area contributed by atoms with Gasteiger partial charge in [0.05, 0.1) is 25.2 Å². The molecule has 1 atom stereocenters. The molecule has 2 aromatic rings. The Morgan fingerprint density at radius 3 is 3.00 bits per heavy atom. The normalized spacial score (nSPS) is 15.5. The molecule has 1 aromatic carbocycles. The van der Waals surface area contributed by atoms with Crippen molar-refractivity contribution in [3.63, 3.8) is 0 Å². The highest BCUT2D eigenvalue weighted by Gasteiger charge is 2.37. The van der Waals surface area contributed by atoms with Crippen LogP contribution >= 0.6 is 11.3 Å². The van der Waals surface area contributed by atoms with E-state index in [0.717, 1.165) is 0 Å². The van der Waals surface area contributed by atoms with Crippen LogP contribution in [0.25, 0.3) is 0 Å². The first-order valence-electron chi connectivity index (χ1n) is 8.02. The van der Waals surface area contributed by atoms with Crippen LogP contribution in [0.15, 0.2) is 23.6 Å². The third-order valence-corrected chi connectivity index (χ3v) is 4.92. The van der Waals surface area contributed by atoms with E-state index in [0.29, 0.717) is 22.7 Å². The Bertz CT molecular complexity index is 903. The Morgan fingerprint density at radius 2 is 2.33 bits per heavy atom. The third-order valence-electron chi connectivity index (χ3n) is 3.99. The largest absolute Gasteiger partial charge is 0.547 e. The van der Waals surface area contributed by atoms with Crippen molar-refractivity contribution in [1.82, 2.24) is 10.3 Å². The first kappa shape index (κ1) is 18.9. The van der Waals surface area contributed by atoms with E-state index in [1.807, 2.05) is 0 Å². The summed E-state index contributed by atoms with van der Waals surface area (Å²) in [6, 6.07) is 4.99. The topological polar surface area (TPSA) is 148 Å². The molecule has 1 aliphatic heterocycles. The SMILES string of the molecule is COC(=O)c1cccc2c1OB(O)[C@@H](NC(=O)Cc1csc(C(=N)N)n1)C2. The highest BCUT2D eigenvalue weighted by atomic mass is 32.1. The summed E-state index contributed by atoms with van der Waals surface area (Å²) in [7, 11) is -0.0459. The molecule has 3 rings (SSSR count).